The molecule has 0 aliphatic carbocycles. The van der Waals surface area contributed by atoms with Crippen LogP contribution in [0.1, 0.15) is 0 Å². The maximum absolute atomic E-state index is 5.53. The van der Waals surface area contributed by atoms with Crippen LogP contribution in [-0.2, 0) is 0 Å². The van der Waals surface area contributed by atoms with Crippen LogP contribution in [0.4, 0.5) is 0 Å². The van der Waals surface area contributed by atoms with Gasteiger partial charge in [-0.2, -0.15) is 0 Å². The number of fused-ring (bicyclic) bond motifs is 1. The average Bonchev–Trinajstić information content (AvgIpc) is 2.39. The predicted molar refractivity (Wildman–Crippen MR) is 66.2 cm³/mol. The van der Waals surface area contributed by atoms with Gasteiger partial charge in [-0.05, 0) is 34.1 Å². The minimum Gasteiger partial charge on any atom is -0.486 e. The first-order chi connectivity index (χ1) is 8.33. The van der Waals surface area contributed by atoms with Gasteiger partial charge in [-0.25, -0.2) is 4.98 Å². The van der Waals surface area contributed by atoms with Crippen LogP contribution < -0.4 is 9.47 Å². The van der Waals surface area contributed by atoms with Gasteiger partial charge in [-0.3, -0.25) is 4.98 Å². The lowest BCUT2D eigenvalue weighted by molar-refractivity contribution is 0.171. The van der Waals surface area contributed by atoms with E-state index in [0.29, 0.717) is 13.2 Å². The standard InChI is InChI=1S/C12H9BrN2O2/c13-12-7-14-9(6-15-12)8-1-2-10-11(5-8)17-4-3-16-10/h1-2,5-7H,3-4H2. The Labute approximate surface area is 107 Å². The summed E-state index contributed by atoms with van der Waals surface area (Å²) in [6.07, 6.45) is 3.39. The lowest BCUT2D eigenvalue weighted by Crippen LogP contribution is -2.15. The second-order valence-corrected chi connectivity index (χ2v) is 4.40. The molecule has 0 bridgehead atoms. The summed E-state index contributed by atoms with van der Waals surface area (Å²) in [4.78, 5) is 8.44. The highest BCUT2D eigenvalue weighted by atomic mass is 79.9. The minimum absolute atomic E-state index is 0.586. The molecule has 86 valence electrons. The fraction of sp³-hybridized carbons (Fsp3) is 0.167. The monoisotopic (exact) mass is 292 g/mol. The molecule has 5 heteroatoms. The number of hydrogen-bond acceptors (Lipinski definition) is 4. The van der Waals surface area contributed by atoms with Gasteiger partial charge in [0.1, 0.15) is 17.8 Å². The lowest BCUT2D eigenvalue weighted by atomic mass is 10.1. The van der Waals surface area contributed by atoms with Crippen molar-refractivity contribution >= 4 is 15.9 Å². The first kappa shape index (κ1) is 10.5. The Morgan fingerprint density at radius 2 is 1.82 bits per heavy atom. The average molecular weight is 293 g/mol. The maximum Gasteiger partial charge on any atom is 0.162 e. The van der Waals surface area contributed by atoms with Crippen LogP contribution in [0.5, 0.6) is 11.5 Å². The van der Waals surface area contributed by atoms with E-state index >= 15 is 0 Å². The highest BCUT2D eigenvalue weighted by molar-refractivity contribution is 9.10. The summed E-state index contributed by atoms with van der Waals surface area (Å²) in [6, 6.07) is 5.77. The van der Waals surface area contributed by atoms with E-state index < -0.39 is 0 Å². The molecule has 2 aromatic rings. The Balaban J connectivity index is 2.01. The van der Waals surface area contributed by atoms with Crippen LogP contribution in [0.3, 0.4) is 0 Å². The zero-order valence-electron chi connectivity index (χ0n) is 8.89. The van der Waals surface area contributed by atoms with Gasteiger partial charge < -0.3 is 9.47 Å². The Morgan fingerprint density at radius 3 is 2.59 bits per heavy atom. The molecule has 0 unspecified atom stereocenters. The van der Waals surface area contributed by atoms with Crippen molar-refractivity contribution in [1.29, 1.82) is 0 Å². The van der Waals surface area contributed by atoms with E-state index in [-0.39, 0.29) is 0 Å². The highest BCUT2D eigenvalue weighted by Gasteiger charge is 2.12. The van der Waals surface area contributed by atoms with E-state index in [4.69, 9.17) is 9.47 Å². The van der Waals surface area contributed by atoms with Gasteiger partial charge in [0, 0.05) is 5.56 Å². The fourth-order valence-electron chi connectivity index (χ4n) is 1.66. The third kappa shape index (κ3) is 2.10. The quantitative estimate of drug-likeness (QED) is 0.811. The number of halogens is 1. The van der Waals surface area contributed by atoms with Crippen LogP contribution in [0.15, 0.2) is 35.2 Å². The Bertz CT molecular complexity index is 543. The summed E-state index contributed by atoms with van der Waals surface area (Å²) in [5.41, 5.74) is 1.78. The summed E-state index contributed by atoms with van der Waals surface area (Å²) in [5.74, 6) is 1.54. The van der Waals surface area contributed by atoms with Gasteiger partial charge in [-0.1, -0.05) is 0 Å². The first-order valence-electron chi connectivity index (χ1n) is 5.20. The molecular formula is C12H9BrN2O2. The summed E-state index contributed by atoms with van der Waals surface area (Å²) in [6.45, 7) is 1.19. The molecule has 1 aromatic carbocycles. The van der Waals surface area contributed by atoms with Crippen molar-refractivity contribution in [3.05, 3.63) is 35.2 Å². The number of aromatic nitrogens is 2. The number of rotatable bonds is 1. The molecule has 0 saturated carbocycles. The van der Waals surface area contributed by atoms with Crippen LogP contribution in [0.25, 0.3) is 11.3 Å². The number of nitrogens with zero attached hydrogens (tertiary/aromatic N) is 2. The molecule has 0 fully saturated rings. The number of ether oxygens (including phenoxy) is 2. The van der Waals surface area contributed by atoms with Crippen molar-refractivity contribution < 1.29 is 9.47 Å². The predicted octanol–water partition coefficient (Wildman–Crippen LogP) is 2.68. The van der Waals surface area contributed by atoms with E-state index in [1.54, 1.807) is 12.4 Å². The van der Waals surface area contributed by atoms with Crippen molar-refractivity contribution in [3.8, 4) is 22.8 Å². The van der Waals surface area contributed by atoms with E-state index in [1.807, 2.05) is 18.2 Å². The van der Waals surface area contributed by atoms with Crippen molar-refractivity contribution in [3.63, 3.8) is 0 Å². The van der Waals surface area contributed by atoms with Gasteiger partial charge in [0.15, 0.2) is 11.5 Å². The molecule has 2 heterocycles. The van der Waals surface area contributed by atoms with Gasteiger partial charge in [0.05, 0.1) is 18.1 Å². The van der Waals surface area contributed by atoms with E-state index in [1.165, 1.54) is 0 Å². The molecule has 17 heavy (non-hydrogen) atoms. The second-order valence-electron chi connectivity index (χ2n) is 3.58. The van der Waals surface area contributed by atoms with Crippen LogP contribution in [0.2, 0.25) is 0 Å². The summed E-state index contributed by atoms with van der Waals surface area (Å²) in [7, 11) is 0. The molecule has 0 amide bonds. The molecule has 0 atom stereocenters. The molecule has 0 spiro atoms. The van der Waals surface area contributed by atoms with Crippen LogP contribution in [0, 0.1) is 0 Å². The lowest BCUT2D eigenvalue weighted by Gasteiger charge is -2.18. The second kappa shape index (κ2) is 4.33. The normalized spacial score (nSPS) is 13.5. The topological polar surface area (TPSA) is 44.2 Å². The smallest absolute Gasteiger partial charge is 0.162 e. The van der Waals surface area contributed by atoms with Crippen molar-refractivity contribution in [1.82, 2.24) is 9.97 Å². The van der Waals surface area contributed by atoms with Gasteiger partial charge in [0.25, 0.3) is 0 Å². The van der Waals surface area contributed by atoms with Crippen molar-refractivity contribution in [2.75, 3.05) is 13.2 Å². The van der Waals surface area contributed by atoms with Crippen molar-refractivity contribution in [2.45, 2.75) is 0 Å². The largest absolute Gasteiger partial charge is 0.486 e. The third-order valence-corrected chi connectivity index (χ3v) is 2.87. The molecule has 1 aromatic heterocycles. The highest BCUT2D eigenvalue weighted by Crippen LogP contribution is 2.33. The minimum atomic E-state index is 0.586. The zero-order chi connectivity index (χ0) is 11.7. The summed E-state index contributed by atoms with van der Waals surface area (Å²) in [5, 5.41) is 0. The molecule has 1 aliphatic rings. The van der Waals surface area contributed by atoms with E-state index in [0.717, 1.165) is 27.4 Å². The molecule has 4 nitrogen and oxygen atoms in total. The summed E-state index contributed by atoms with van der Waals surface area (Å²) < 4.78 is 11.7. The number of hydrogen-bond donors (Lipinski definition) is 0. The Kier molecular flexibility index (Phi) is 2.68. The van der Waals surface area contributed by atoms with Gasteiger partial charge in [0.2, 0.25) is 0 Å². The van der Waals surface area contributed by atoms with E-state index in [9.17, 15) is 0 Å². The molecule has 0 N–H and O–H groups in total. The zero-order valence-corrected chi connectivity index (χ0v) is 10.5. The molecule has 0 radical (unpaired) electrons. The fourth-order valence-corrected chi connectivity index (χ4v) is 1.87. The number of benzene rings is 1. The Morgan fingerprint density at radius 1 is 1.00 bits per heavy atom. The first-order valence-corrected chi connectivity index (χ1v) is 6.00. The molecule has 1 aliphatic heterocycles. The van der Waals surface area contributed by atoms with Crippen molar-refractivity contribution in [2.24, 2.45) is 0 Å². The van der Waals surface area contributed by atoms with Gasteiger partial charge in [-0.15, -0.1) is 0 Å². The van der Waals surface area contributed by atoms with E-state index in [2.05, 4.69) is 25.9 Å². The molecule has 0 saturated heterocycles. The molecule has 3 rings (SSSR count). The molecular weight excluding hydrogens is 284 g/mol. The Hall–Kier alpha value is -1.62. The van der Waals surface area contributed by atoms with Gasteiger partial charge >= 0.3 is 0 Å². The maximum atomic E-state index is 5.53. The third-order valence-electron chi connectivity index (χ3n) is 2.46. The summed E-state index contributed by atoms with van der Waals surface area (Å²) >= 11 is 3.26. The SMILES string of the molecule is Brc1cnc(-c2ccc3c(c2)OCCO3)cn1. The van der Waals surface area contributed by atoms with Crippen LogP contribution >= 0.6 is 15.9 Å². The van der Waals surface area contributed by atoms with Crippen LogP contribution in [-0.4, -0.2) is 23.2 Å².